The molecule has 7 nitrogen and oxygen atoms in total. The standard InChI is InChI=1S/C23H25NO6/c1-27-16-7-5-14(6-8-16)18-11-15(12-20(25)22(18)23(26)30-4)24-19-13-17(28-2)9-10-21(19)29-3/h5-10,12-13,18,22,24H,11H2,1-4H3/t18-,22-/m1/s1. The van der Waals surface area contributed by atoms with Crippen molar-refractivity contribution in [3.63, 3.8) is 0 Å². The smallest absolute Gasteiger partial charge is 0.317 e. The second kappa shape index (κ2) is 9.35. The number of hydrogen-bond acceptors (Lipinski definition) is 7. The first-order valence-corrected chi connectivity index (χ1v) is 9.46. The fourth-order valence-corrected chi connectivity index (χ4v) is 3.61. The highest BCUT2D eigenvalue weighted by atomic mass is 16.5. The predicted molar refractivity (Wildman–Crippen MR) is 112 cm³/mol. The lowest BCUT2D eigenvalue weighted by Crippen LogP contribution is -2.34. The van der Waals surface area contributed by atoms with E-state index < -0.39 is 11.9 Å². The Balaban J connectivity index is 1.95. The number of carbonyl (C=O) groups excluding carboxylic acids is 2. The van der Waals surface area contributed by atoms with Gasteiger partial charge in [0.2, 0.25) is 0 Å². The van der Waals surface area contributed by atoms with E-state index in [1.165, 1.54) is 13.2 Å². The molecule has 1 aliphatic carbocycles. The lowest BCUT2D eigenvalue weighted by Gasteiger charge is -2.29. The third-order valence-corrected chi connectivity index (χ3v) is 5.17. The molecule has 0 aliphatic heterocycles. The number of rotatable bonds is 7. The fraction of sp³-hybridized carbons (Fsp3) is 0.304. The summed E-state index contributed by atoms with van der Waals surface area (Å²) in [7, 11) is 6.03. The van der Waals surface area contributed by atoms with Crippen LogP contribution in [0.15, 0.2) is 54.2 Å². The van der Waals surface area contributed by atoms with E-state index in [0.717, 1.165) is 5.56 Å². The summed E-state index contributed by atoms with van der Waals surface area (Å²) in [5.74, 6) is -0.166. The molecular formula is C23H25NO6. The van der Waals surface area contributed by atoms with Gasteiger partial charge in [-0.15, -0.1) is 0 Å². The van der Waals surface area contributed by atoms with Crippen molar-refractivity contribution in [2.24, 2.45) is 5.92 Å². The van der Waals surface area contributed by atoms with Crippen molar-refractivity contribution >= 4 is 17.4 Å². The Morgan fingerprint density at radius 3 is 2.20 bits per heavy atom. The number of allylic oxidation sites excluding steroid dienone is 2. The monoisotopic (exact) mass is 411 g/mol. The van der Waals surface area contributed by atoms with Crippen LogP contribution >= 0.6 is 0 Å². The Morgan fingerprint density at radius 1 is 0.933 bits per heavy atom. The molecule has 2 aromatic rings. The predicted octanol–water partition coefficient (Wildman–Crippen LogP) is 3.55. The Labute approximate surface area is 175 Å². The van der Waals surface area contributed by atoms with Gasteiger partial charge in [0.25, 0.3) is 0 Å². The van der Waals surface area contributed by atoms with Crippen LogP contribution in [0.5, 0.6) is 17.2 Å². The molecular weight excluding hydrogens is 386 g/mol. The zero-order chi connectivity index (χ0) is 21.7. The van der Waals surface area contributed by atoms with Crippen LogP contribution in [0.3, 0.4) is 0 Å². The zero-order valence-electron chi connectivity index (χ0n) is 17.4. The number of carbonyl (C=O) groups is 2. The summed E-state index contributed by atoms with van der Waals surface area (Å²) in [4.78, 5) is 25.3. The van der Waals surface area contributed by atoms with E-state index in [-0.39, 0.29) is 11.7 Å². The maximum Gasteiger partial charge on any atom is 0.317 e. The van der Waals surface area contributed by atoms with Gasteiger partial charge in [-0.05, 0) is 36.2 Å². The minimum absolute atomic E-state index is 0.307. The van der Waals surface area contributed by atoms with Gasteiger partial charge in [0, 0.05) is 23.8 Å². The van der Waals surface area contributed by atoms with Crippen LogP contribution in [0, 0.1) is 5.92 Å². The summed E-state index contributed by atoms with van der Waals surface area (Å²) in [6.07, 6.45) is 1.90. The highest BCUT2D eigenvalue weighted by Crippen LogP contribution is 2.39. The molecule has 0 radical (unpaired) electrons. The Hall–Kier alpha value is -3.48. The van der Waals surface area contributed by atoms with Crippen LogP contribution < -0.4 is 19.5 Å². The van der Waals surface area contributed by atoms with Crippen molar-refractivity contribution in [2.75, 3.05) is 33.8 Å². The van der Waals surface area contributed by atoms with E-state index in [4.69, 9.17) is 18.9 Å². The maximum atomic E-state index is 12.9. The lowest BCUT2D eigenvalue weighted by molar-refractivity contribution is -0.149. The highest BCUT2D eigenvalue weighted by Gasteiger charge is 2.39. The largest absolute Gasteiger partial charge is 0.497 e. The average molecular weight is 411 g/mol. The fourth-order valence-electron chi connectivity index (χ4n) is 3.61. The molecule has 7 heteroatoms. The molecule has 30 heavy (non-hydrogen) atoms. The van der Waals surface area contributed by atoms with Crippen molar-refractivity contribution in [1.29, 1.82) is 0 Å². The van der Waals surface area contributed by atoms with Crippen LogP contribution in [0.4, 0.5) is 5.69 Å². The van der Waals surface area contributed by atoms with Gasteiger partial charge in [-0.2, -0.15) is 0 Å². The normalized spacial score (nSPS) is 18.3. The molecule has 3 rings (SSSR count). The van der Waals surface area contributed by atoms with Crippen LogP contribution in [-0.4, -0.2) is 40.2 Å². The zero-order valence-corrected chi connectivity index (χ0v) is 17.4. The molecule has 0 saturated heterocycles. The van der Waals surface area contributed by atoms with Crippen molar-refractivity contribution < 1.29 is 28.5 Å². The number of benzene rings is 2. The van der Waals surface area contributed by atoms with Crippen molar-refractivity contribution in [2.45, 2.75) is 12.3 Å². The average Bonchev–Trinajstić information content (AvgIpc) is 2.78. The van der Waals surface area contributed by atoms with Gasteiger partial charge in [0.05, 0.1) is 34.1 Å². The van der Waals surface area contributed by atoms with Gasteiger partial charge in [-0.25, -0.2) is 0 Å². The van der Waals surface area contributed by atoms with E-state index in [2.05, 4.69) is 5.32 Å². The van der Waals surface area contributed by atoms with Crippen molar-refractivity contribution in [3.05, 3.63) is 59.8 Å². The SMILES string of the molecule is COC(=O)[C@H]1C(=O)C=C(Nc2cc(OC)ccc2OC)C[C@@H]1c1ccc(OC)cc1. The minimum Gasteiger partial charge on any atom is -0.497 e. The topological polar surface area (TPSA) is 83.1 Å². The Bertz CT molecular complexity index is 951. The van der Waals surface area contributed by atoms with Gasteiger partial charge in [0.1, 0.15) is 23.2 Å². The maximum absolute atomic E-state index is 12.9. The molecule has 2 aromatic carbocycles. The second-order valence-electron chi connectivity index (χ2n) is 6.85. The minimum atomic E-state index is -0.902. The number of ether oxygens (including phenoxy) is 4. The van der Waals surface area contributed by atoms with Gasteiger partial charge in [0.15, 0.2) is 5.78 Å². The number of ketones is 1. The molecule has 0 amide bonds. The molecule has 1 aliphatic rings. The molecule has 1 N–H and O–H groups in total. The third-order valence-electron chi connectivity index (χ3n) is 5.17. The summed E-state index contributed by atoms with van der Waals surface area (Å²) in [6.45, 7) is 0. The number of methoxy groups -OCH3 is 4. The first-order valence-electron chi connectivity index (χ1n) is 9.46. The summed E-state index contributed by atoms with van der Waals surface area (Å²) in [5.41, 5.74) is 2.19. The van der Waals surface area contributed by atoms with E-state index in [9.17, 15) is 9.59 Å². The van der Waals surface area contributed by atoms with E-state index in [0.29, 0.717) is 35.1 Å². The Kier molecular flexibility index (Phi) is 6.61. The van der Waals surface area contributed by atoms with Crippen molar-refractivity contribution in [3.8, 4) is 17.2 Å². The van der Waals surface area contributed by atoms with E-state index in [1.54, 1.807) is 39.5 Å². The summed E-state index contributed by atoms with van der Waals surface area (Å²) in [5, 5.41) is 3.26. The lowest BCUT2D eigenvalue weighted by atomic mass is 9.76. The van der Waals surface area contributed by atoms with Gasteiger partial charge < -0.3 is 24.3 Å². The molecule has 0 unspecified atom stereocenters. The first-order chi connectivity index (χ1) is 14.5. The molecule has 0 aromatic heterocycles. The van der Waals surface area contributed by atoms with Crippen molar-refractivity contribution in [1.82, 2.24) is 0 Å². The molecule has 0 bridgehead atoms. The number of nitrogens with one attached hydrogen (secondary N) is 1. The van der Waals surface area contributed by atoms with Gasteiger partial charge >= 0.3 is 5.97 Å². The molecule has 2 atom stereocenters. The number of esters is 1. The first kappa shape index (κ1) is 21.2. The van der Waals surface area contributed by atoms with Crippen LogP contribution in [0.2, 0.25) is 0 Å². The number of hydrogen-bond donors (Lipinski definition) is 1. The molecule has 0 spiro atoms. The molecule has 0 heterocycles. The van der Waals surface area contributed by atoms with Gasteiger partial charge in [-0.3, -0.25) is 9.59 Å². The van der Waals surface area contributed by atoms with Gasteiger partial charge in [-0.1, -0.05) is 12.1 Å². The Morgan fingerprint density at radius 2 is 1.60 bits per heavy atom. The van der Waals surface area contributed by atoms with Crippen LogP contribution in [0.25, 0.3) is 0 Å². The third kappa shape index (κ3) is 4.40. The number of anilines is 1. The van der Waals surface area contributed by atoms with E-state index in [1.807, 2.05) is 24.3 Å². The summed E-state index contributed by atoms with van der Waals surface area (Å²) in [6, 6.07) is 12.7. The summed E-state index contributed by atoms with van der Waals surface area (Å²) < 4.78 is 20.8. The quantitative estimate of drug-likeness (QED) is 0.551. The summed E-state index contributed by atoms with van der Waals surface area (Å²) >= 11 is 0. The second-order valence-corrected chi connectivity index (χ2v) is 6.85. The molecule has 0 saturated carbocycles. The van der Waals surface area contributed by atoms with Crippen LogP contribution in [-0.2, 0) is 14.3 Å². The highest BCUT2D eigenvalue weighted by molar-refractivity contribution is 6.07. The van der Waals surface area contributed by atoms with E-state index >= 15 is 0 Å². The molecule has 0 fully saturated rings. The molecule has 158 valence electrons. The van der Waals surface area contributed by atoms with Crippen LogP contribution in [0.1, 0.15) is 17.9 Å².